The number of esters is 3. The van der Waals surface area contributed by atoms with E-state index in [9.17, 15) is 14.4 Å². The molecule has 6 nitrogen and oxygen atoms in total. The van der Waals surface area contributed by atoms with Crippen LogP contribution < -0.4 is 0 Å². The lowest BCUT2D eigenvalue weighted by Crippen LogP contribution is -2.30. The fourth-order valence-corrected chi connectivity index (χ4v) is 7.24. The fourth-order valence-electron chi connectivity index (χ4n) is 7.24. The van der Waals surface area contributed by atoms with E-state index in [1.165, 1.54) is 141 Å². The van der Waals surface area contributed by atoms with E-state index in [-0.39, 0.29) is 31.1 Å². The first-order valence-corrected chi connectivity index (χ1v) is 25.5. The van der Waals surface area contributed by atoms with Crippen molar-refractivity contribution in [3.05, 3.63) is 36.5 Å². The van der Waals surface area contributed by atoms with Gasteiger partial charge in [-0.05, 0) is 70.6 Å². The molecule has 0 radical (unpaired) electrons. The van der Waals surface area contributed by atoms with Crippen LogP contribution in [0.4, 0.5) is 0 Å². The van der Waals surface area contributed by atoms with Crippen LogP contribution in [0.1, 0.15) is 265 Å². The van der Waals surface area contributed by atoms with Crippen LogP contribution in [0.5, 0.6) is 0 Å². The van der Waals surface area contributed by atoms with Crippen molar-refractivity contribution in [2.75, 3.05) is 13.2 Å². The molecule has 0 N–H and O–H groups in total. The first kappa shape index (κ1) is 56.6. The van der Waals surface area contributed by atoms with Crippen molar-refractivity contribution < 1.29 is 28.6 Å². The van der Waals surface area contributed by atoms with E-state index < -0.39 is 6.10 Å². The van der Waals surface area contributed by atoms with Gasteiger partial charge >= 0.3 is 17.9 Å². The molecule has 0 heterocycles. The number of unbranched alkanes of at least 4 members (excludes halogenated alkanes) is 29. The molecular weight excluding hydrogens is 733 g/mol. The maximum absolute atomic E-state index is 12.8. The van der Waals surface area contributed by atoms with Gasteiger partial charge in [-0.3, -0.25) is 14.4 Å². The monoisotopic (exact) mass is 829 g/mol. The van der Waals surface area contributed by atoms with Crippen LogP contribution in [-0.2, 0) is 28.6 Å². The fraction of sp³-hybridized carbons (Fsp3) is 0.830. The van der Waals surface area contributed by atoms with Crippen LogP contribution in [-0.4, -0.2) is 37.2 Å². The van der Waals surface area contributed by atoms with E-state index in [1.54, 1.807) is 0 Å². The summed E-state index contributed by atoms with van der Waals surface area (Å²) >= 11 is 0. The minimum Gasteiger partial charge on any atom is -0.462 e. The van der Waals surface area contributed by atoms with Crippen LogP contribution in [0.15, 0.2) is 36.5 Å². The molecule has 0 saturated carbocycles. The number of carbonyl (C=O) groups is 3. The maximum Gasteiger partial charge on any atom is 0.306 e. The van der Waals surface area contributed by atoms with Gasteiger partial charge < -0.3 is 14.2 Å². The van der Waals surface area contributed by atoms with E-state index in [2.05, 4.69) is 57.2 Å². The third-order valence-corrected chi connectivity index (χ3v) is 11.1. The van der Waals surface area contributed by atoms with Gasteiger partial charge in [-0.15, -0.1) is 0 Å². The van der Waals surface area contributed by atoms with Gasteiger partial charge in [0.05, 0.1) is 0 Å². The van der Waals surface area contributed by atoms with E-state index in [0.717, 1.165) is 83.5 Å². The van der Waals surface area contributed by atoms with Crippen LogP contribution >= 0.6 is 0 Å². The Bertz CT molecular complexity index is 1000. The number of hydrogen-bond donors (Lipinski definition) is 0. The summed E-state index contributed by atoms with van der Waals surface area (Å²) in [7, 11) is 0. The van der Waals surface area contributed by atoms with E-state index in [0.29, 0.717) is 19.3 Å². The normalized spacial score (nSPS) is 12.3. The molecule has 0 aliphatic heterocycles. The molecule has 0 aliphatic carbocycles. The highest BCUT2D eigenvalue weighted by molar-refractivity contribution is 5.71. The molecule has 0 amide bonds. The topological polar surface area (TPSA) is 78.9 Å². The Kier molecular flexibility index (Phi) is 46.4. The Balaban J connectivity index is 4.32. The van der Waals surface area contributed by atoms with Crippen LogP contribution in [0.25, 0.3) is 0 Å². The van der Waals surface area contributed by atoms with Crippen molar-refractivity contribution in [2.45, 2.75) is 271 Å². The summed E-state index contributed by atoms with van der Waals surface area (Å²) in [5, 5.41) is 0. The summed E-state index contributed by atoms with van der Waals surface area (Å²) in [4.78, 5) is 37.9. The highest BCUT2D eigenvalue weighted by Crippen LogP contribution is 2.15. The molecule has 0 rings (SSSR count). The minimum atomic E-state index is -0.773. The summed E-state index contributed by atoms with van der Waals surface area (Å²) in [6.07, 6.45) is 55.5. The molecule has 6 heteroatoms. The summed E-state index contributed by atoms with van der Waals surface area (Å²) in [6, 6.07) is 0. The molecule has 344 valence electrons. The average molecular weight is 829 g/mol. The van der Waals surface area contributed by atoms with Crippen molar-refractivity contribution >= 4 is 17.9 Å². The second-order valence-electron chi connectivity index (χ2n) is 17.1. The number of rotatable bonds is 46. The number of hydrogen-bond acceptors (Lipinski definition) is 6. The third kappa shape index (κ3) is 46.5. The SMILES string of the molecule is CCC/C=C\CCCCCCCC(=O)OCC(COC(=O)CCCCCCCCC/C=C\C/C=C\CCCCCC)OC(=O)CCCCCCCCCCCCCCC. The lowest BCUT2D eigenvalue weighted by atomic mass is 10.0. The summed E-state index contributed by atoms with van der Waals surface area (Å²) in [5.41, 5.74) is 0. The van der Waals surface area contributed by atoms with Gasteiger partial charge in [0.1, 0.15) is 13.2 Å². The molecule has 0 bridgehead atoms. The van der Waals surface area contributed by atoms with Crippen molar-refractivity contribution in [3.8, 4) is 0 Å². The molecule has 0 saturated heterocycles. The second kappa shape index (κ2) is 48.3. The Labute approximate surface area is 365 Å². The van der Waals surface area contributed by atoms with Gasteiger partial charge in [-0.1, -0.05) is 211 Å². The lowest BCUT2D eigenvalue weighted by Gasteiger charge is -2.18. The Hall–Kier alpha value is -2.37. The summed E-state index contributed by atoms with van der Waals surface area (Å²) in [5.74, 6) is -0.886. The zero-order valence-corrected chi connectivity index (χ0v) is 39.3. The van der Waals surface area contributed by atoms with Crippen LogP contribution in [0.3, 0.4) is 0 Å². The van der Waals surface area contributed by atoms with E-state index in [4.69, 9.17) is 14.2 Å². The van der Waals surface area contributed by atoms with Crippen molar-refractivity contribution in [2.24, 2.45) is 0 Å². The van der Waals surface area contributed by atoms with Gasteiger partial charge in [0.15, 0.2) is 6.10 Å². The molecule has 59 heavy (non-hydrogen) atoms. The standard InChI is InChI=1S/C53H96O6/c1-4-7-10-13-16-19-22-24-25-26-27-28-30-31-34-37-40-43-46-52(55)58-49-50(48-57-51(54)45-42-39-36-33-21-18-15-12-9-6-3)59-53(56)47-44-41-38-35-32-29-23-20-17-14-11-8-5-2/h12,15,19,22,25-26,50H,4-11,13-14,16-18,20-21,23-24,27-49H2,1-3H3/b15-12-,22-19-,26-25-. The third-order valence-electron chi connectivity index (χ3n) is 11.1. The zero-order valence-electron chi connectivity index (χ0n) is 39.3. The van der Waals surface area contributed by atoms with E-state index >= 15 is 0 Å². The summed E-state index contributed by atoms with van der Waals surface area (Å²) in [6.45, 7) is 6.56. The quantitative estimate of drug-likeness (QED) is 0.0263. The molecule has 0 aromatic rings. The smallest absolute Gasteiger partial charge is 0.306 e. The Morgan fingerprint density at radius 1 is 0.339 bits per heavy atom. The van der Waals surface area contributed by atoms with Crippen molar-refractivity contribution in [3.63, 3.8) is 0 Å². The molecule has 1 atom stereocenters. The largest absolute Gasteiger partial charge is 0.462 e. The lowest BCUT2D eigenvalue weighted by molar-refractivity contribution is -0.167. The molecule has 0 aliphatic rings. The predicted molar refractivity (Wildman–Crippen MR) is 252 cm³/mol. The Morgan fingerprint density at radius 3 is 1.03 bits per heavy atom. The van der Waals surface area contributed by atoms with Crippen molar-refractivity contribution in [1.82, 2.24) is 0 Å². The number of allylic oxidation sites excluding steroid dienone is 6. The van der Waals surface area contributed by atoms with Crippen LogP contribution in [0.2, 0.25) is 0 Å². The van der Waals surface area contributed by atoms with Gasteiger partial charge in [0, 0.05) is 19.3 Å². The maximum atomic E-state index is 12.8. The van der Waals surface area contributed by atoms with Gasteiger partial charge in [-0.25, -0.2) is 0 Å². The number of ether oxygens (including phenoxy) is 3. The van der Waals surface area contributed by atoms with Gasteiger partial charge in [0.25, 0.3) is 0 Å². The van der Waals surface area contributed by atoms with Gasteiger partial charge in [-0.2, -0.15) is 0 Å². The minimum absolute atomic E-state index is 0.0764. The Morgan fingerprint density at radius 2 is 0.644 bits per heavy atom. The molecule has 0 spiro atoms. The van der Waals surface area contributed by atoms with Crippen LogP contribution in [0, 0.1) is 0 Å². The summed E-state index contributed by atoms with van der Waals surface area (Å²) < 4.78 is 16.8. The van der Waals surface area contributed by atoms with Crippen molar-refractivity contribution in [1.29, 1.82) is 0 Å². The average Bonchev–Trinajstić information content (AvgIpc) is 3.23. The first-order valence-electron chi connectivity index (χ1n) is 25.5. The highest BCUT2D eigenvalue weighted by atomic mass is 16.6. The molecule has 0 aromatic carbocycles. The molecule has 0 aromatic heterocycles. The van der Waals surface area contributed by atoms with Gasteiger partial charge in [0.2, 0.25) is 0 Å². The molecule has 1 unspecified atom stereocenters. The molecule has 0 fully saturated rings. The zero-order chi connectivity index (χ0) is 43.0. The highest BCUT2D eigenvalue weighted by Gasteiger charge is 2.19. The number of carbonyl (C=O) groups excluding carboxylic acids is 3. The molecular formula is C53H96O6. The predicted octanol–water partition coefficient (Wildman–Crippen LogP) is 16.5. The van der Waals surface area contributed by atoms with E-state index in [1.807, 2.05) is 0 Å². The second-order valence-corrected chi connectivity index (χ2v) is 17.1. The first-order chi connectivity index (χ1) is 29.0.